The molecule has 2 aromatic rings. The van der Waals surface area contributed by atoms with Crippen LogP contribution in [0, 0.1) is 5.92 Å². The van der Waals surface area contributed by atoms with Gasteiger partial charge in [-0.05, 0) is 48.3 Å². The van der Waals surface area contributed by atoms with Crippen LogP contribution in [0.3, 0.4) is 0 Å². The summed E-state index contributed by atoms with van der Waals surface area (Å²) in [5, 5.41) is 9.54. The zero-order chi connectivity index (χ0) is 16.1. The molecular weight excluding hydrogens is 286 g/mol. The van der Waals surface area contributed by atoms with Gasteiger partial charge in [0.2, 0.25) is 0 Å². The molecule has 1 aliphatic rings. The Morgan fingerprint density at radius 2 is 1.52 bits per heavy atom. The fourth-order valence-electron chi connectivity index (χ4n) is 3.42. The number of aryl methyl sites for hydroxylation is 2. The number of nitrogens with zero attached hydrogens (tertiary/aromatic N) is 1. The summed E-state index contributed by atoms with van der Waals surface area (Å²) in [6.07, 6.45) is 3.42. The van der Waals surface area contributed by atoms with E-state index in [4.69, 9.17) is 0 Å². The van der Waals surface area contributed by atoms with Gasteiger partial charge in [-0.2, -0.15) is 0 Å². The molecule has 1 aliphatic carbocycles. The van der Waals surface area contributed by atoms with Gasteiger partial charge in [-0.3, -0.25) is 0 Å². The van der Waals surface area contributed by atoms with Crippen LogP contribution in [-0.2, 0) is 19.4 Å². The second-order valence-corrected chi connectivity index (χ2v) is 6.36. The molecule has 0 atom stereocenters. The molecule has 0 fully saturated rings. The van der Waals surface area contributed by atoms with Crippen molar-refractivity contribution in [3.63, 3.8) is 0 Å². The fourth-order valence-corrected chi connectivity index (χ4v) is 3.42. The molecule has 0 radical (unpaired) electrons. The van der Waals surface area contributed by atoms with Crippen LogP contribution in [0.4, 0.5) is 4.79 Å². The first-order valence-electron chi connectivity index (χ1n) is 8.31. The Bertz CT molecular complexity index is 627. The summed E-state index contributed by atoms with van der Waals surface area (Å²) in [5.74, 6) is 0.433. The van der Waals surface area contributed by atoms with E-state index in [0.717, 1.165) is 31.2 Å². The first-order valence-corrected chi connectivity index (χ1v) is 8.31. The van der Waals surface area contributed by atoms with Gasteiger partial charge in [0.1, 0.15) is 0 Å². The lowest BCUT2D eigenvalue weighted by atomic mass is 9.99. The summed E-state index contributed by atoms with van der Waals surface area (Å²) >= 11 is 0. The number of hydrogen-bond donors (Lipinski definition) is 1. The third-order valence-electron chi connectivity index (χ3n) is 4.73. The highest BCUT2D eigenvalue weighted by atomic mass is 16.4. The van der Waals surface area contributed by atoms with E-state index in [1.165, 1.54) is 11.1 Å². The lowest BCUT2D eigenvalue weighted by Gasteiger charge is -2.24. The number of benzene rings is 2. The molecule has 3 nitrogen and oxygen atoms in total. The van der Waals surface area contributed by atoms with Gasteiger partial charge in [0.25, 0.3) is 0 Å². The van der Waals surface area contributed by atoms with Crippen molar-refractivity contribution in [3.8, 4) is 0 Å². The molecule has 3 rings (SSSR count). The van der Waals surface area contributed by atoms with Gasteiger partial charge < -0.3 is 10.0 Å². The van der Waals surface area contributed by atoms with Crippen LogP contribution in [0.2, 0.25) is 0 Å². The summed E-state index contributed by atoms with van der Waals surface area (Å²) in [4.78, 5) is 13.2. The second kappa shape index (κ2) is 7.32. The molecule has 1 N–H and O–H groups in total. The predicted molar refractivity (Wildman–Crippen MR) is 91.5 cm³/mol. The molecular formula is C20H23NO2. The predicted octanol–water partition coefficient (Wildman–Crippen LogP) is 4.36. The minimum absolute atomic E-state index is 0.433. The molecule has 1 amide bonds. The monoisotopic (exact) mass is 309 g/mol. The van der Waals surface area contributed by atoms with E-state index in [1.54, 1.807) is 4.90 Å². The molecule has 0 saturated heterocycles. The molecule has 0 spiro atoms. The van der Waals surface area contributed by atoms with Crippen LogP contribution in [0.5, 0.6) is 0 Å². The molecule has 0 bridgehead atoms. The second-order valence-electron chi connectivity index (χ2n) is 6.36. The van der Waals surface area contributed by atoms with Crippen LogP contribution in [0.15, 0.2) is 54.6 Å². The average Bonchev–Trinajstić information content (AvgIpc) is 2.78. The number of fused-ring (bicyclic) bond motifs is 1. The maximum absolute atomic E-state index is 11.6. The van der Waals surface area contributed by atoms with Gasteiger partial charge in [-0.1, -0.05) is 54.6 Å². The third-order valence-corrected chi connectivity index (χ3v) is 4.73. The molecule has 2 aromatic carbocycles. The Kier molecular flexibility index (Phi) is 4.96. The highest BCUT2D eigenvalue weighted by Gasteiger charge is 2.21. The highest BCUT2D eigenvalue weighted by Crippen LogP contribution is 2.25. The van der Waals surface area contributed by atoms with Crippen LogP contribution in [0.1, 0.15) is 29.5 Å². The molecule has 0 aliphatic heterocycles. The number of rotatable bonds is 4. The summed E-state index contributed by atoms with van der Waals surface area (Å²) < 4.78 is 0. The van der Waals surface area contributed by atoms with Crippen molar-refractivity contribution >= 4 is 6.09 Å². The van der Waals surface area contributed by atoms with E-state index < -0.39 is 6.09 Å². The summed E-state index contributed by atoms with van der Waals surface area (Å²) in [6.45, 7) is 1.10. The summed E-state index contributed by atoms with van der Waals surface area (Å²) in [7, 11) is 0. The van der Waals surface area contributed by atoms with Gasteiger partial charge in [0, 0.05) is 13.1 Å². The molecule has 23 heavy (non-hydrogen) atoms. The lowest BCUT2D eigenvalue weighted by molar-refractivity contribution is 0.131. The highest BCUT2D eigenvalue weighted by molar-refractivity contribution is 5.65. The Morgan fingerprint density at radius 1 is 0.957 bits per heavy atom. The quantitative estimate of drug-likeness (QED) is 0.852. The van der Waals surface area contributed by atoms with E-state index in [-0.39, 0.29) is 0 Å². The van der Waals surface area contributed by atoms with Crippen LogP contribution >= 0.6 is 0 Å². The molecule has 0 aromatic heterocycles. The van der Waals surface area contributed by atoms with Gasteiger partial charge in [0.15, 0.2) is 0 Å². The van der Waals surface area contributed by atoms with Gasteiger partial charge >= 0.3 is 6.09 Å². The normalized spacial score (nSPS) is 14.8. The summed E-state index contributed by atoms with van der Waals surface area (Å²) in [5.41, 5.74) is 3.91. The van der Waals surface area contributed by atoms with Gasteiger partial charge in [-0.25, -0.2) is 4.79 Å². The Balaban J connectivity index is 1.64. The van der Waals surface area contributed by atoms with E-state index in [0.29, 0.717) is 19.0 Å². The lowest BCUT2D eigenvalue weighted by Crippen LogP contribution is -2.34. The zero-order valence-electron chi connectivity index (χ0n) is 13.3. The van der Waals surface area contributed by atoms with Crippen molar-refractivity contribution in [2.75, 3.05) is 6.54 Å². The number of carboxylic acid groups (broad SMARTS) is 1. The Hall–Kier alpha value is -2.29. The molecule has 120 valence electrons. The van der Waals surface area contributed by atoms with Crippen molar-refractivity contribution < 1.29 is 9.90 Å². The molecule has 0 unspecified atom stereocenters. The van der Waals surface area contributed by atoms with Gasteiger partial charge in [0.05, 0.1) is 0 Å². The van der Waals surface area contributed by atoms with Crippen molar-refractivity contribution in [1.82, 2.24) is 4.90 Å². The minimum Gasteiger partial charge on any atom is -0.465 e. The SMILES string of the molecule is O=C(O)N(Cc1ccccc1)CC1CCc2ccccc2CC1. The van der Waals surface area contributed by atoms with Crippen molar-refractivity contribution in [3.05, 3.63) is 71.3 Å². The van der Waals surface area contributed by atoms with Crippen molar-refractivity contribution in [1.29, 1.82) is 0 Å². The van der Waals surface area contributed by atoms with Crippen molar-refractivity contribution in [2.24, 2.45) is 5.92 Å². The fraction of sp³-hybridized carbons (Fsp3) is 0.350. The standard InChI is InChI=1S/C20H23NO2/c22-20(23)21(14-16-6-2-1-3-7-16)15-17-10-12-18-8-4-5-9-19(18)13-11-17/h1-9,17H,10-15H2,(H,22,23). The molecule has 3 heteroatoms. The topological polar surface area (TPSA) is 40.5 Å². The smallest absolute Gasteiger partial charge is 0.407 e. The van der Waals surface area contributed by atoms with Crippen LogP contribution in [0.25, 0.3) is 0 Å². The molecule has 0 saturated carbocycles. The zero-order valence-corrected chi connectivity index (χ0v) is 13.3. The van der Waals surface area contributed by atoms with Gasteiger partial charge in [-0.15, -0.1) is 0 Å². The summed E-state index contributed by atoms with van der Waals surface area (Å²) in [6, 6.07) is 18.4. The van der Waals surface area contributed by atoms with E-state index >= 15 is 0 Å². The van der Waals surface area contributed by atoms with Crippen LogP contribution in [-0.4, -0.2) is 22.6 Å². The first-order chi connectivity index (χ1) is 11.2. The molecule has 0 heterocycles. The van der Waals surface area contributed by atoms with E-state index in [2.05, 4.69) is 24.3 Å². The third kappa shape index (κ3) is 4.13. The number of carbonyl (C=O) groups is 1. The average molecular weight is 309 g/mol. The Labute approximate surface area is 137 Å². The maximum Gasteiger partial charge on any atom is 0.407 e. The van der Waals surface area contributed by atoms with Crippen LogP contribution < -0.4 is 0 Å². The minimum atomic E-state index is -0.824. The van der Waals surface area contributed by atoms with E-state index in [1.807, 2.05) is 30.3 Å². The van der Waals surface area contributed by atoms with Crippen molar-refractivity contribution in [2.45, 2.75) is 32.2 Å². The maximum atomic E-state index is 11.6. The largest absolute Gasteiger partial charge is 0.465 e. The number of amides is 1. The van der Waals surface area contributed by atoms with E-state index in [9.17, 15) is 9.90 Å². The Morgan fingerprint density at radius 3 is 2.09 bits per heavy atom. The number of hydrogen-bond acceptors (Lipinski definition) is 1. The first kappa shape index (κ1) is 15.6.